The van der Waals surface area contributed by atoms with Crippen LogP contribution in [-0.4, -0.2) is 144 Å². The van der Waals surface area contributed by atoms with Gasteiger partial charge in [0.15, 0.2) is 11.9 Å². The van der Waals surface area contributed by atoms with E-state index in [-0.39, 0.29) is 54.3 Å². The number of alkyl halides is 3. The third-order valence-electron chi connectivity index (χ3n) is 12.5. The summed E-state index contributed by atoms with van der Waals surface area (Å²) in [7, 11) is 0. The van der Waals surface area contributed by atoms with Gasteiger partial charge in [-0.15, -0.1) is 5.10 Å². The van der Waals surface area contributed by atoms with E-state index in [1.165, 1.54) is 15.6 Å². The van der Waals surface area contributed by atoms with Crippen molar-refractivity contribution in [1.29, 1.82) is 0 Å². The monoisotopic (exact) mass is 874 g/mol. The molecule has 7 rings (SSSR count). The van der Waals surface area contributed by atoms with Crippen LogP contribution in [0.25, 0.3) is 11.4 Å². The Morgan fingerprint density at radius 2 is 1.52 bits per heavy atom. The van der Waals surface area contributed by atoms with Gasteiger partial charge < -0.3 is 29.7 Å². The molecule has 0 aliphatic carbocycles. The molecule has 4 aliphatic rings. The van der Waals surface area contributed by atoms with Crippen molar-refractivity contribution in [3.63, 3.8) is 0 Å². The van der Waals surface area contributed by atoms with Crippen molar-refractivity contribution in [3.8, 4) is 11.4 Å². The van der Waals surface area contributed by atoms with E-state index >= 15 is 0 Å². The molecule has 15 nitrogen and oxygen atoms in total. The molecule has 4 aliphatic heterocycles. The number of nitrogens with zero attached hydrogens (tertiary/aromatic N) is 6. The first-order chi connectivity index (χ1) is 29.3. The van der Waals surface area contributed by atoms with Crippen molar-refractivity contribution in [2.24, 2.45) is 11.8 Å². The molecule has 0 bridgehead atoms. The maximum absolute atomic E-state index is 14.2. The second-order valence-corrected chi connectivity index (χ2v) is 16.8. The third kappa shape index (κ3) is 11.4. The summed E-state index contributed by atoms with van der Waals surface area (Å²) in [6.07, 6.45) is -3.30. The number of rotatable bonds is 12. The number of nitrogens with two attached hydrogens (primary N) is 1. The summed E-state index contributed by atoms with van der Waals surface area (Å²) < 4.78 is 59.9. The highest BCUT2D eigenvalue weighted by Crippen LogP contribution is 2.39. The molecular formula is C42H54ClF3N8O7. The Morgan fingerprint density at radius 1 is 0.885 bits per heavy atom. The van der Waals surface area contributed by atoms with Crippen LogP contribution < -0.4 is 11.4 Å². The number of ether oxygens (including phenoxy) is 3. The van der Waals surface area contributed by atoms with E-state index in [2.05, 4.69) is 19.9 Å². The lowest BCUT2D eigenvalue weighted by Gasteiger charge is -2.40. The van der Waals surface area contributed by atoms with Crippen molar-refractivity contribution in [3.05, 3.63) is 69.1 Å². The van der Waals surface area contributed by atoms with Gasteiger partial charge in [-0.25, -0.2) is 14.3 Å². The highest BCUT2D eigenvalue weighted by molar-refractivity contribution is 6.33. The topological polar surface area (TPSA) is 169 Å². The number of H-pyrrole nitrogens is 1. The van der Waals surface area contributed by atoms with Crippen LogP contribution in [0.5, 0.6) is 0 Å². The van der Waals surface area contributed by atoms with Crippen LogP contribution >= 0.6 is 11.6 Å². The summed E-state index contributed by atoms with van der Waals surface area (Å²) >= 11 is 6.15. The second-order valence-electron chi connectivity index (χ2n) is 16.4. The number of likely N-dealkylation sites (tertiary alicyclic amines) is 3. The molecule has 1 atom stereocenters. The number of esters is 1. The molecule has 0 radical (unpaired) electrons. The number of piperidine rings is 3. The van der Waals surface area contributed by atoms with Crippen molar-refractivity contribution in [2.75, 3.05) is 91.0 Å². The van der Waals surface area contributed by atoms with E-state index in [0.29, 0.717) is 70.0 Å². The summed E-state index contributed by atoms with van der Waals surface area (Å²) in [6, 6.07) is 11.0. The number of amides is 2. The molecule has 0 saturated carbocycles. The van der Waals surface area contributed by atoms with Crippen LogP contribution in [0.1, 0.15) is 55.7 Å². The Bertz CT molecular complexity index is 2020. The first-order valence-corrected chi connectivity index (χ1v) is 21.5. The number of carbonyl (C=O) groups is 3. The van der Waals surface area contributed by atoms with E-state index in [1.54, 1.807) is 4.90 Å². The average molecular weight is 875 g/mol. The normalized spacial score (nSPS) is 19.8. The lowest BCUT2D eigenvalue weighted by molar-refractivity contribution is -0.146. The van der Waals surface area contributed by atoms with Crippen LogP contribution in [0.15, 0.2) is 47.3 Å². The first kappa shape index (κ1) is 44.4. The molecule has 5 heterocycles. The Labute approximate surface area is 357 Å². The second kappa shape index (κ2) is 20.0. The Morgan fingerprint density at radius 3 is 2.18 bits per heavy atom. The predicted molar refractivity (Wildman–Crippen MR) is 220 cm³/mol. The van der Waals surface area contributed by atoms with Gasteiger partial charge in [0.1, 0.15) is 6.61 Å². The predicted octanol–water partition coefficient (Wildman–Crippen LogP) is 4.70. The zero-order valence-corrected chi connectivity index (χ0v) is 34.9. The average Bonchev–Trinajstić information content (AvgIpc) is 3.66. The zero-order valence-electron chi connectivity index (χ0n) is 34.1. The number of anilines is 1. The maximum atomic E-state index is 14.2. The van der Waals surface area contributed by atoms with Crippen LogP contribution in [0.2, 0.25) is 5.02 Å². The van der Waals surface area contributed by atoms with Gasteiger partial charge in [0.25, 0.3) is 5.91 Å². The molecule has 61 heavy (non-hydrogen) atoms. The fourth-order valence-electron chi connectivity index (χ4n) is 8.94. The summed E-state index contributed by atoms with van der Waals surface area (Å²) in [6.45, 7) is 7.14. The molecule has 2 amide bonds. The lowest BCUT2D eigenvalue weighted by atomic mass is 9.78. The number of aromatic nitrogens is 3. The van der Waals surface area contributed by atoms with Gasteiger partial charge >= 0.3 is 23.9 Å². The Hall–Kier alpha value is -4.65. The lowest BCUT2D eigenvalue weighted by Crippen LogP contribution is -2.49. The minimum atomic E-state index is -4.80. The molecule has 4 fully saturated rings. The fraction of sp³-hybridized carbons (Fsp3) is 0.595. The van der Waals surface area contributed by atoms with Gasteiger partial charge in [-0.1, -0.05) is 41.9 Å². The summed E-state index contributed by atoms with van der Waals surface area (Å²) in [5, 5.41) is 4.17. The molecule has 0 unspecified atom stereocenters. The summed E-state index contributed by atoms with van der Waals surface area (Å²) in [5.41, 5.74) is 4.37. The number of hydrogen-bond acceptors (Lipinski definition) is 11. The Balaban J connectivity index is 0.936. The summed E-state index contributed by atoms with van der Waals surface area (Å²) in [5.74, 6) is 0.483. The number of aromatic amines is 1. The zero-order chi connectivity index (χ0) is 43.1. The van der Waals surface area contributed by atoms with E-state index < -0.39 is 35.5 Å². The SMILES string of the molecule is Nc1c(Cl)cc(C[C@@H](OC(=O)N2CCC(n3nc(-c4ccccc4)[nH]c3=O)CC2)C(=O)N2CCC(C3CCN(CC(=O)OCCN4CCOCC4)CC3)CC2)cc1C(F)(F)F. The number of hydrogen-bond donors (Lipinski definition) is 2. The van der Waals surface area contributed by atoms with Gasteiger partial charge in [0.2, 0.25) is 0 Å². The van der Waals surface area contributed by atoms with Crippen molar-refractivity contribution in [2.45, 2.75) is 63.3 Å². The van der Waals surface area contributed by atoms with Crippen LogP contribution in [0.3, 0.4) is 0 Å². The molecule has 332 valence electrons. The van der Waals surface area contributed by atoms with Crippen molar-refractivity contribution in [1.82, 2.24) is 34.4 Å². The van der Waals surface area contributed by atoms with Crippen LogP contribution in [-0.2, 0) is 36.4 Å². The van der Waals surface area contributed by atoms with E-state index in [0.717, 1.165) is 63.5 Å². The smallest absolute Gasteiger partial charge is 0.418 e. The molecule has 3 aromatic rings. The number of morpholine rings is 1. The van der Waals surface area contributed by atoms with Gasteiger partial charge in [0, 0.05) is 57.8 Å². The van der Waals surface area contributed by atoms with Gasteiger partial charge in [0.05, 0.1) is 42.1 Å². The fourth-order valence-corrected chi connectivity index (χ4v) is 9.18. The van der Waals surface area contributed by atoms with Gasteiger partial charge in [-0.2, -0.15) is 13.2 Å². The van der Waals surface area contributed by atoms with E-state index in [9.17, 15) is 32.3 Å². The summed E-state index contributed by atoms with van der Waals surface area (Å²) in [4.78, 5) is 63.4. The van der Waals surface area contributed by atoms with Crippen LogP contribution in [0.4, 0.5) is 23.7 Å². The minimum absolute atomic E-state index is 0.0474. The molecule has 2 aromatic carbocycles. The number of halogens is 4. The van der Waals surface area contributed by atoms with Gasteiger partial charge in [-0.3, -0.25) is 24.4 Å². The van der Waals surface area contributed by atoms with Crippen molar-refractivity contribution >= 4 is 35.3 Å². The molecule has 0 spiro atoms. The number of nitrogen functional groups attached to an aromatic ring is 1. The first-order valence-electron chi connectivity index (χ1n) is 21.1. The number of carbonyl (C=O) groups excluding carboxylic acids is 3. The quantitative estimate of drug-likeness (QED) is 0.191. The van der Waals surface area contributed by atoms with Crippen LogP contribution in [0, 0.1) is 11.8 Å². The van der Waals surface area contributed by atoms with E-state index in [1.807, 2.05) is 30.3 Å². The van der Waals surface area contributed by atoms with E-state index in [4.69, 9.17) is 31.5 Å². The molecular weight excluding hydrogens is 821 g/mol. The maximum Gasteiger partial charge on any atom is 0.418 e. The number of nitrogens with one attached hydrogen (secondary N) is 1. The van der Waals surface area contributed by atoms with Gasteiger partial charge in [-0.05, 0) is 81.1 Å². The highest BCUT2D eigenvalue weighted by atomic mass is 35.5. The third-order valence-corrected chi connectivity index (χ3v) is 12.8. The number of benzene rings is 2. The molecule has 4 saturated heterocycles. The molecule has 19 heteroatoms. The molecule has 3 N–H and O–H groups in total. The molecule has 1 aromatic heterocycles. The minimum Gasteiger partial charge on any atom is -0.463 e. The standard InChI is InChI=1S/C42H54ClF3N8O7/c43-34-25-28(24-33(37(34)47)42(44,45)46)26-35(61-41(58)53-16-10-32(11-17-53)54-40(57)48-38(49-54)31-4-2-1-3-5-31)39(56)52-14-8-30(9-15-52)29-6-12-51(13-7-29)27-36(55)60-23-20-50-18-21-59-22-19-50/h1-5,24-25,29-30,32,35H,6-23,26-27,47H2,(H,48,49,57)/t35-/m1/s1. The largest absolute Gasteiger partial charge is 0.463 e. The van der Waals surface area contributed by atoms with Crippen molar-refractivity contribution < 1.29 is 41.8 Å². The Kier molecular flexibility index (Phi) is 14.6. The highest BCUT2D eigenvalue weighted by Gasteiger charge is 2.38.